The summed E-state index contributed by atoms with van der Waals surface area (Å²) in [6, 6.07) is 4.57. The normalized spacial score (nSPS) is 25.2. The maximum atomic E-state index is 12.2. The highest BCUT2D eigenvalue weighted by atomic mass is 79.9. The van der Waals surface area contributed by atoms with Crippen LogP contribution in [0.15, 0.2) is 15.9 Å². The fourth-order valence-corrected chi connectivity index (χ4v) is 4.43. The van der Waals surface area contributed by atoms with Gasteiger partial charge in [0.25, 0.3) is 0 Å². The summed E-state index contributed by atoms with van der Waals surface area (Å²) in [5.41, 5.74) is 0. The molecule has 1 aromatic rings. The van der Waals surface area contributed by atoms with E-state index in [-0.39, 0.29) is 5.78 Å². The van der Waals surface area contributed by atoms with Crippen molar-refractivity contribution in [3.63, 3.8) is 0 Å². The van der Waals surface area contributed by atoms with Crippen LogP contribution in [0.2, 0.25) is 0 Å². The van der Waals surface area contributed by atoms with Gasteiger partial charge in [0.15, 0.2) is 5.78 Å². The first-order valence-corrected chi connectivity index (χ1v) is 8.58. The average molecular weight is 343 g/mol. The number of ketones is 1. The molecule has 3 rings (SSSR count). The maximum Gasteiger partial charge on any atom is 0.186 e. The van der Waals surface area contributed by atoms with E-state index in [2.05, 4.69) is 25.7 Å². The van der Waals surface area contributed by atoms with E-state index >= 15 is 0 Å². The summed E-state index contributed by atoms with van der Waals surface area (Å²) >= 11 is 4.95. The van der Waals surface area contributed by atoms with E-state index < -0.39 is 0 Å². The summed E-state index contributed by atoms with van der Waals surface area (Å²) in [7, 11) is 0. The van der Waals surface area contributed by atoms with Crippen LogP contribution >= 0.6 is 27.3 Å². The van der Waals surface area contributed by atoms with E-state index in [1.807, 2.05) is 12.1 Å². The Hall–Kier alpha value is -0.230. The Kier molecular flexibility index (Phi) is 4.37. The standard InChI is InChI=1S/C14H19BrN2OS/c15-14-5-4-13(19-14)12(18)10-16-7-8-17-6-2-1-3-11(17)9-16/h4-5,11H,1-3,6-10H2. The molecule has 0 aromatic carbocycles. The van der Waals surface area contributed by atoms with E-state index in [0.29, 0.717) is 12.6 Å². The lowest BCUT2D eigenvalue weighted by Crippen LogP contribution is -2.55. The first-order chi connectivity index (χ1) is 9.22. The van der Waals surface area contributed by atoms with Crippen LogP contribution in [-0.2, 0) is 0 Å². The molecule has 0 N–H and O–H groups in total. The van der Waals surface area contributed by atoms with Crippen molar-refractivity contribution in [3.05, 3.63) is 20.8 Å². The molecule has 1 atom stereocenters. The van der Waals surface area contributed by atoms with Gasteiger partial charge in [0, 0.05) is 25.7 Å². The summed E-state index contributed by atoms with van der Waals surface area (Å²) in [5, 5.41) is 0. The van der Waals surface area contributed by atoms with Crippen LogP contribution in [0, 0.1) is 0 Å². The number of piperazine rings is 1. The molecule has 104 valence electrons. The number of hydrogen-bond donors (Lipinski definition) is 0. The topological polar surface area (TPSA) is 23.6 Å². The molecule has 0 radical (unpaired) electrons. The smallest absolute Gasteiger partial charge is 0.186 e. The highest BCUT2D eigenvalue weighted by molar-refractivity contribution is 9.11. The molecule has 1 unspecified atom stereocenters. The van der Waals surface area contributed by atoms with Crippen molar-refractivity contribution in [1.29, 1.82) is 0 Å². The summed E-state index contributed by atoms with van der Waals surface area (Å²) in [6.45, 7) is 5.07. The van der Waals surface area contributed by atoms with Gasteiger partial charge in [-0.2, -0.15) is 0 Å². The predicted octanol–water partition coefficient (Wildman–Crippen LogP) is 2.86. The van der Waals surface area contributed by atoms with Gasteiger partial charge in [-0.15, -0.1) is 11.3 Å². The lowest BCUT2D eigenvalue weighted by atomic mass is 9.99. The zero-order chi connectivity index (χ0) is 13.2. The maximum absolute atomic E-state index is 12.2. The van der Waals surface area contributed by atoms with Gasteiger partial charge in [-0.25, -0.2) is 0 Å². The third-order valence-electron chi connectivity index (χ3n) is 4.14. The van der Waals surface area contributed by atoms with Crippen LogP contribution in [0.25, 0.3) is 0 Å². The number of carbonyl (C=O) groups excluding carboxylic acids is 1. The van der Waals surface area contributed by atoms with Crippen LogP contribution in [0.4, 0.5) is 0 Å². The number of piperidine rings is 1. The molecule has 2 fully saturated rings. The van der Waals surface area contributed by atoms with Gasteiger partial charge < -0.3 is 0 Å². The predicted molar refractivity (Wildman–Crippen MR) is 82.0 cm³/mol. The lowest BCUT2D eigenvalue weighted by Gasteiger charge is -2.43. The Bertz CT molecular complexity index is 462. The molecule has 5 heteroatoms. The van der Waals surface area contributed by atoms with E-state index in [9.17, 15) is 4.79 Å². The molecule has 2 aliphatic heterocycles. The molecule has 0 amide bonds. The summed E-state index contributed by atoms with van der Waals surface area (Å²) in [4.78, 5) is 18.0. The Morgan fingerprint density at radius 2 is 2.21 bits per heavy atom. The Balaban J connectivity index is 1.57. The van der Waals surface area contributed by atoms with Gasteiger partial charge in [0.1, 0.15) is 0 Å². The van der Waals surface area contributed by atoms with Crippen molar-refractivity contribution in [2.75, 3.05) is 32.7 Å². The number of carbonyl (C=O) groups is 1. The Morgan fingerprint density at radius 1 is 1.32 bits per heavy atom. The molecular formula is C14H19BrN2OS. The number of hydrogen-bond acceptors (Lipinski definition) is 4. The van der Waals surface area contributed by atoms with Crippen molar-refractivity contribution < 1.29 is 4.79 Å². The van der Waals surface area contributed by atoms with E-state index in [1.165, 1.54) is 37.1 Å². The zero-order valence-electron chi connectivity index (χ0n) is 11.0. The quantitative estimate of drug-likeness (QED) is 0.789. The van der Waals surface area contributed by atoms with Crippen LogP contribution in [0.5, 0.6) is 0 Å². The average Bonchev–Trinajstić information content (AvgIpc) is 2.85. The largest absolute Gasteiger partial charge is 0.298 e. The summed E-state index contributed by atoms with van der Waals surface area (Å²) < 4.78 is 1.04. The second kappa shape index (κ2) is 6.04. The summed E-state index contributed by atoms with van der Waals surface area (Å²) in [6.07, 6.45) is 3.99. The monoisotopic (exact) mass is 342 g/mol. The van der Waals surface area contributed by atoms with Crippen LogP contribution in [0.3, 0.4) is 0 Å². The molecule has 2 aliphatic rings. The van der Waals surface area contributed by atoms with Crippen molar-refractivity contribution >= 4 is 33.0 Å². The highest BCUT2D eigenvalue weighted by Gasteiger charge is 2.29. The van der Waals surface area contributed by atoms with Crippen molar-refractivity contribution in [3.8, 4) is 0 Å². The van der Waals surface area contributed by atoms with Gasteiger partial charge in [0.05, 0.1) is 15.2 Å². The molecular weight excluding hydrogens is 324 g/mol. The van der Waals surface area contributed by atoms with Crippen molar-refractivity contribution in [2.24, 2.45) is 0 Å². The van der Waals surface area contributed by atoms with Crippen LogP contribution in [0.1, 0.15) is 28.9 Å². The molecule has 0 aliphatic carbocycles. The van der Waals surface area contributed by atoms with E-state index in [4.69, 9.17) is 0 Å². The van der Waals surface area contributed by atoms with Crippen LogP contribution < -0.4 is 0 Å². The number of thiophene rings is 1. The fraction of sp³-hybridized carbons (Fsp3) is 0.643. The third kappa shape index (κ3) is 3.27. The van der Waals surface area contributed by atoms with Gasteiger partial charge in [-0.05, 0) is 47.4 Å². The second-order valence-electron chi connectivity index (χ2n) is 5.45. The van der Waals surface area contributed by atoms with Crippen molar-refractivity contribution in [2.45, 2.75) is 25.3 Å². The molecule has 0 bridgehead atoms. The number of halogens is 1. The first kappa shape index (κ1) is 13.7. The second-order valence-corrected chi connectivity index (χ2v) is 7.91. The molecule has 19 heavy (non-hydrogen) atoms. The van der Waals surface area contributed by atoms with Crippen molar-refractivity contribution in [1.82, 2.24) is 9.80 Å². The molecule has 2 saturated heterocycles. The van der Waals surface area contributed by atoms with Gasteiger partial charge in [-0.3, -0.25) is 14.6 Å². The third-order valence-corrected chi connectivity index (χ3v) is 5.80. The number of nitrogens with zero attached hydrogens (tertiary/aromatic N) is 2. The SMILES string of the molecule is O=C(CN1CCN2CCCCC2C1)c1ccc(Br)s1. The molecule has 0 saturated carbocycles. The molecule has 3 nitrogen and oxygen atoms in total. The Labute approximate surface area is 126 Å². The van der Waals surface area contributed by atoms with Gasteiger partial charge in [0.2, 0.25) is 0 Å². The highest BCUT2D eigenvalue weighted by Crippen LogP contribution is 2.24. The zero-order valence-corrected chi connectivity index (χ0v) is 13.4. The Morgan fingerprint density at radius 3 is 3.00 bits per heavy atom. The minimum Gasteiger partial charge on any atom is -0.298 e. The molecule has 0 spiro atoms. The summed E-state index contributed by atoms with van der Waals surface area (Å²) in [5.74, 6) is 0.264. The lowest BCUT2D eigenvalue weighted by molar-refractivity contribution is 0.0470. The van der Waals surface area contributed by atoms with Crippen LogP contribution in [-0.4, -0.2) is 54.3 Å². The number of fused-ring (bicyclic) bond motifs is 1. The number of rotatable bonds is 3. The minimum atomic E-state index is 0.264. The van der Waals surface area contributed by atoms with E-state index in [0.717, 1.165) is 28.3 Å². The first-order valence-electron chi connectivity index (χ1n) is 6.97. The molecule has 1 aromatic heterocycles. The number of Topliss-reactive ketones (excluding diaryl/α,β-unsaturated/α-hetero) is 1. The fourth-order valence-electron chi connectivity index (χ4n) is 3.11. The molecule has 3 heterocycles. The van der Waals surface area contributed by atoms with E-state index in [1.54, 1.807) is 0 Å². The van der Waals surface area contributed by atoms with Gasteiger partial charge >= 0.3 is 0 Å². The van der Waals surface area contributed by atoms with Gasteiger partial charge in [-0.1, -0.05) is 6.42 Å². The minimum absolute atomic E-state index is 0.264.